The maximum Gasteiger partial charge on any atom is 0.257 e. The lowest BCUT2D eigenvalue weighted by Crippen LogP contribution is -2.11. The smallest absolute Gasteiger partial charge is 0.257 e. The molecule has 0 unspecified atom stereocenters. The number of rotatable bonds is 2. The van der Waals surface area contributed by atoms with E-state index in [1.54, 1.807) is 24.3 Å². The highest BCUT2D eigenvalue weighted by Crippen LogP contribution is 2.22. The number of anilines is 1. The topological polar surface area (TPSA) is 42.0 Å². The van der Waals surface area contributed by atoms with E-state index >= 15 is 0 Å². The van der Waals surface area contributed by atoms with Gasteiger partial charge in [-0.1, -0.05) is 17.7 Å². The molecule has 0 fully saturated rings. The van der Waals surface area contributed by atoms with Gasteiger partial charge in [-0.25, -0.2) is 4.98 Å². The number of hydrogen-bond acceptors (Lipinski definition) is 3. The Kier molecular flexibility index (Phi) is 3.45. The molecule has 1 aromatic heterocycles. The zero-order chi connectivity index (χ0) is 12.4. The minimum Gasteiger partial charge on any atom is -0.298 e. The molecule has 2 rings (SSSR count). The Morgan fingerprint density at radius 3 is 2.76 bits per heavy atom. The van der Waals surface area contributed by atoms with Crippen LogP contribution in [-0.2, 0) is 0 Å². The van der Waals surface area contributed by atoms with Crippen LogP contribution in [0, 0.1) is 13.8 Å². The van der Waals surface area contributed by atoms with E-state index in [2.05, 4.69) is 10.3 Å². The molecular weight excluding hydrogens is 256 g/mol. The number of nitrogens with zero attached hydrogens (tertiary/aromatic N) is 1. The molecule has 2 aromatic rings. The number of aromatic nitrogens is 1. The molecule has 1 heterocycles. The Morgan fingerprint density at radius 2 is 2.18 bits per heavy atom. The fraction of sp³-hybridized carbons (Fsp3) is 0.167. The van der Waals surface area contributed by atoms with Crippen LogP contribution in [0.15, 0.2) is 24.3 Å². The lowest BCUT2D eigenvalue weighted by atomic mass is 10.2. The van der Waals surface area contributed by atoms with Crippen LogP contribution in [0.1, 0.15) is 20.9 Å². The Morgan fingerprint density at radius 1 is 1.41 bits per heavy atom. The standard InChI is InChI=1S/C12H11ClN2OS/c1-7-8(2)17-12(14-7)15-11(16)9-4-3-5-10(13)6-9/h3-6H,1-2H3,(H,14,15,16). The lowest BCUT2D eigenvalue weighted by molar-refractivity contribution is 0.102. The predicted octanol–water partition coefficient (Wildman–Crippen LogP) is 3.67. The third kappa shape index (κ3) is 2.84. The van der Waals surface area contributed by atoms with Crippen LogP contribution in [0.5, 0.6) is 0 Å². The summed E-state index contributed by atoms with van der Waals surface area (Å²) in [5.74, 6) is -0.193. The lowest BCUT2D eigenvalue weighted by Gasteiger charge is -2.01. The summed E-state index contributed by atoms with van der Waals surface area (Å²) in [6.07, 6.45) is 0. The zero-order valence-corrected chi connectivity index (χ0v) is 11.0. The molecule has 0 radical (unpaired) electrons. The van der Waals surface area contributed by atoms with E-state index in [1.165, 1.54) is 11.3 Å². The van der Waals surface area contributed by atoms with Crippen LogP contribution >= 0.6 is 22.9 Å². The van der Waals surface area contributed by atoms with Gasteiger partial charge in [0, 0.05) is 15.5 Å². The van der Waals surface area contributed by atoms with Crippen LogP contribution in [0.3, 0.4) is 0 Å². The third-order valence-electron chi connectivity index (χ3n) is 2.34. The Labute approximate surface area is 108 Å². The number of thiazole rings is 1. The second kappa shape index (κ2) is 4.85. The van der Waals surface area contributed by atoms with E-state index in [1.807, 2.05) is 13.8 Å². The molecule has 0 saturated carbocycles. The normalized spacial score (nSPS) is 10.3. The van der Waals surface area contributed by atoms with Gasteiger partial charge in [-0.3, -0.25) is 10.1 Å². The molecule has 0 saturated heterocycles. The fourth-order valence-electron chi connectivity index (χ4n) is 1.33. The molecule has 0 aliphatic rings. The van der Waals surface area contributed by atoms with Crippen molar-refractivity contribution in [2.24, 2.45) is 0 Å². The van der Waals surface area contributed by atoms with Crippen LogP contribution in [0.4, 0.5) is 5.13 Å². The predicted molar refractivity (Wildman–Crippen MR) is 71.0 cm³/mol. The van der Waals surface area contributed by atoms with Crippen molar-refractivity contribution in [2.75, 3.05) is 5.32 Å². The summed E-state index contributed by atoms with van der Waals surface area (Å²) in [7, 11) is 0. The summed E-state index contributed by atoms with van der Waals surface area (Å²) in [6.45, 7) is 3.89. The van der Waals surface area contributed by atoms with Crippen molar-refractivity contribution in [1.82, 2.24) is 4.98 Å². The van der Waals surface area contributed by atoms with Gasteiger partial charge in [0.15, 0.2) is 5.13 Å². The second-order valence-corrected chi connectivity index (χ2v) is 5.26. The van der Waals surface area contributed by atoms with Gasteiger partial charge in [0.05, 0.1) is 5.69 Å². The molecule has 0 atom stereocenters. The average molecular weight is 267 g/mol. The molecule has 0 bridgehead atoms. The van der Waals surface area contributed by atoms with Crippen LogP contribution in [0.2, 0.25) is 5.02 Å². The van der Waals surface area contributed by atoms with Gasteiger partial charge in [-0.15, -0.1) is 11.3 Å². The van der Waals surface area contributed by atoms with Crippen molar-refractivity contribution < 1.29 is 4.79 Å². The highest BCUT2D eigenvalue weighted by molar-refractivity contribution is 7.15. The van der Waals surface area contributed by atoms with Crippen LogP contribution in [-0.4, -0.2) is 10.9 Å². The molecule has 1 N–H and O–H groups in total. The second-order valence-electron chi connectivity index (χ2n) is 3.63. The van der Waals surface area contributed by atoms with E-state index in [0.29, 0.717) is 15.7 Å². The summed E-state index contributed by atoms with van der Waals surface area (Å²) >= 11 is 7.29. The van der Waals surface area contributed by atoms with Gasteiger partial charge in [-0.2, -0.15) is 0 Å². The number of hydrogen-bond donors (Lipinski definition) is 1. The van der Waals surface area contributed by atoms with E-state index in [0.717, 1.165) is 10.6 Å². The van der Waals surface area contributed by atoms with Crippen LogP contribution < -0.4 is 5.32 Å². The van der Waals surface area contributed by atoms with Gasteiger partial charge in [0.2, 0.25) is 0 Å². The summed E-state index contributed by atoms with van der Waals surface area (Å²) in [5, 5.41) is 3.92. The number of carbonyl (C=O) groups excluding carboxylic acids is 1. The Bertz CT molecular complexity index is 546. The first-order chi connectivity index (χ1) is 8.06. The van der Waals surface area contributed by atoms with E-state index in [-0.39, 0.29) is 5.91 Å². The minimum atomic E-state index is -0.193. The monoisotopic (exact) mass is 266 g/mol. The Hall–Kier alpha value is -1.39. The molecule has 0 spiro atoms. The van der Waals surface area contributed by atoms with Crippen molar-refractivity contribution in [3.63, 3.8) is 0 Å². The molecule has 0 aliphatic carbocycles. The van der Waals surface area contributed by atoms with E-state index in [4.69, 9.17) is 11.6 Å². The Balaban J connectivity index is 2.17. The molecule has 0 aliphatic heterocycles. The first-order valence-corrected chi connectivity index (χ1v) is 6.26. The van der Waals surface area contributed by atoms with Crippen molar-refractivity contribution in [1.29, 1.82) is 0 Å². The molecule has 1 amide bonds. The molecule has 5 heteroatoms. The number of aryl methyl sites for hydroxylation is 2. The summed E-state index contributed by atoms with van der Waals surface area (Å²) < 4.78 is 0. The van der Waals surface area contributed by atoms with Crippen molar-refractivity contribution in [3.8, 4) is 0 Å². The average Bonchev–Trinajstić information content (AvgIpc) is 2.58. The van der Waals surface area contributed by atoms with Gasteiger partial charge in [-0.05, 0) is 32.0 Å². The number of amides is 1. The summed E-state index contributed by atoms with van der Waals surface area (Å²) in [5.41, 5.74) is 1.47. The zero-order valence-electron chi connectivity index (χ0n) is 9.45. The third-order valence-corrected chi connectivity index (χ3v) is 3.56. The first kappa shape index (κ1) is 12.1. The number of halogens is 1. The van der Waals surface area contributed by atoms with E-state index in [9.17, 15) is 4.79 Å². The number of nitrogens with one attached hydrogen (secondary N) is 1. The number of carbonyl (C=O) groups is 1. The van der Waals surface area contributed by atoms with Crippen molar-refractivity contribution in [3.05, 3.63) is 45.4 Å². The summed E-state index contributed by atoms with van der Waals surface area (Å²) in [6, 6.07) is 6.82. The van der Waals surface area contributed by atoms with Crippen LogP contribution in [0.25, 0.3) is 0 Å². The number of benzene rings is 1. The van der Waals surface area contributed by atoms with E-state index < -0.39 is 0 Å². The largest absolute Gasteiger partial charge is 0.298 e. The SMILES string of the molecule is Cc1nc(NC(=O)c2cccc(Cl)c2)sc1C. The molecule has 17 heavy (non-hydrogen) atoms. The highest BCUT2D eigenvalue weighted by Gasteiger charge is 2.10. The fourth-order valence-corrected chi connectivity index (χ4v) is 2.33. The maximum atomic E-state index is 11.9. The van der Waals surface area contributed by atoms with Gasteiger partial charge in [0.1, 0.15) is 0 Å². The molecule has 88 valence electrons. The van der Waals surface area contributed by atoms with Gasteiger partial charge < -0.3 is 0 Å². The van der Waals surface area contributed by atoms with Gasteiger partial charge in [0.25, 0.3) is 5.91 Å². The van der Waals surface area contributed by atoms with Crippen molar-refractivity contribution >= 4 is 34.0 Å². The quantitative estimate of drug-likeness (QED) is 0.901. The molecular formula is C12H11ClN2OS. The first-order valence-electron chi connectivity index (χ1n) is 5.07. The highest BCUT2D eigenvalue weighted by atomic mass is 35.5. The summed E-state index contributed by atoms with van der Waals surface area (Å²) in [4.78, 5) is 17.2. The minimum absolute atomic E-state index is 0.193. The van der Waals surface area contributed by atoms with Gasteiger partial charge >= 0.3 is 0 Å². The molecule has 3 nitrogen and oxygen atoms in total. The maximum absolute atomic E-state index is 11.9. The van der Waals surface area contributed by atoms with Crippen molar-refractivity contribution in [2.45, 2.75) is 13.8 Å². The molecule has 1 aromatic carbocycles.